The molecule has 1 aromatic heterocycles. The first-order chi connectivity index (χ1) is 17.2. The number of aromatic nitrogens is 2. The lowest BCUT2D eigenvalue weighted by Crippen LogP contribution is -2.33. The maximum Gasteiger partial charge on any atom is 0.414 e. The van der Waals surface area contributed by atoms with E-state index < -0.39 is 18.0 Å². The number of likely N-dealkylation sites (N-methyl/N-ethyl adjacent to an activating group) is 1. The molecule has 1 aromatic carbocycles. The highest BCUT2D eigenvalue weighted by Gasteiger charge is 2.33. The Bertz CT molecular complexity index is 1110. The van der Waals surface area contributed by atoms with Crippen LogP contribution in [0.1, 0.15) is 24.6 Å². The average Bonchev–Trinajstić information content (AvgIpc) is 3.47. The highest BCUT2D eigenvalue weighted by atomic mass is 19.1. The number of carbonyl (C=O) groups is 3. The molecular weight excluding hydrogens is 471 g/mol. The van der Waals surface area contributed by atoms with Crippen LogP contribution in [0.5, 0.6) is 0 Å². The minimum absolute atomic E-state index is 0.209. The second kappa shape index (κ2) is 10.9. The molecule has 1 N–H and O–H groups in total. The zero-order chi connectivity index (χ0) is 25.8. The fraction of sp³-hybridized carbons (Fsp3) is 0.500. The number of ether oxygens (including phenoxy) is 2. The normalized spacial score (nSPS) is 16.9. The van der Waals surface area contributed by atoms with E-state index in [-0.39, 0.29) is 31.5 Å². The number of anilines is 2. The van der Waals surface area contributed by atoms with Crippen molar-refractivity contribution in [3.05, 3.63) is 41.5 Å². The molecule has 0 bridgehead atoms. The molecule has 3 heterocycles. The number of halogens is 1. The van der Waals surface area contributed by atoms with Crippen molar-refractivity contribution in [1.82, 2.24) is 20.0 Å². The number of nitrogens with one attached hydrogen (secondary N) is 1. The summed E-state index contributed by atoms with van der Waals surface area (Å²) in [5, 5.41) is 7.21. The zero-order valence-electron chi connectivity index (χ0n) is 20.7. The molecule has 1 atom stereocenters. The summed E-state index contributed by atoms with van der Waals surface area (Å²) in [6.45, 7) is 4.04. The van der Waals surface area contributed by atoms with Gasteiger partial charge in [0.1, 0.15) is 11.9 Å². The number of cyclic esters (lactones) is 1. The molecule has 2 amide bonds. The molecule has 0 radical (unpaired) electrons. The standard InChI is InChI=1S/C24H31FN6O5/c1-16(32)26-10-19-13-31(24(34)36-19)18-5-6-22(20(25)9-18)29-11-17-12-30(27-21(17)14-29)7-4-8-35-23(33)15-28(2)3/h5-6,9,12,19H,4,7-8,10-11,13-15H2,1-3H3,(H,26,32)/t19-/m0/s1. The number of esters is 1. The van der Waals surface area contributed by atoms with E-state index in [1.165, 1.54) is 17.9 Å². The Hall–Kier alpha value is -3.67. The molecule has 0 aliphatic carbocycles. The average molecular weight is 503 g/mol. The first kappa shape index (κ1) is 25.4. The Morgan fingerprint density at radius 2 is 2.11 bits per heavy atom. The molecule has 194 valence electrons. The number of amides is 2. The molecule has 2 aliphatic rings. The fourth-order valence-corrected chi connectivity index (χ4v) is 4.23. The van der Waals surface area contributed by atoms with Crippen LogP contribution < -0.4 is 15.1 Å². The number of hydrogen-bond acceptors (Lipinski definition) is 8. The highest BCUT2D eigenvalue weighted by molar-refractivity contribution is 5.90. The highest BCUT2D eigenvalue weighted by Crippen LogP contribution is 2.32. The van der Waals surface area contributed by atoms with Gasteiger partial charge in [0.15, 0.2) is 0 Å². The van der Waals surface area contributed by atoms with Crippen molar-refractivity contribution >= 4 is 29.3 Å². The van der Waals surface area contributed by atoms with Gasteiger partial charge >= 0.3 is 12.1 Å². The number of aryl methyl sites for hydroxylation is 1. The van der Waals surface area contributed by atoms with Crippen LogP contribution in [0.3, 0.4) is 0 Å². The summed E-state index contributed by atoms with van der Waals surface area (Å²) >= 11 is 0. The largest absolute Gasteiger partial charge is 0.465 e. The third-order valence-electron chi connectivity index (χ3n) is 5.90. The number of carbonyl (C=O) groups excluding carboxylic acids is 3. The van der Waals surface area contributed by atoms with Gasteiger partial charge in [-0.2, -0.15) is 5.10 Å². The second-order valence-electron chi connectivity index (χ2n) is 9.22. The summed E-state index contributed by atoms with van der Waals surface area (Å²) < 4.78 is 27.3. The van der Waals surface area contributed by atoms with Crippen molar-refractivity contribution in [1.29, 1.82) is 0 Å². The second-order valence-corrected chi connectivity index (χ2v) is 9.22. The van der Waals surface area contributed by atoms with Crippen molar-refractivity contribution in [3.63, 3.8) is 0 Å². The summed E-state index contributed by atoms with van der Waals surface area (Å²) in [5.41, 5.74) is 2.73. The fourth-order valence-electron chi connectivity index (χ4n) is 4.23. The van der Waals surface area contributed by atoms with E-state index in [1.54, 1.807) is 17.0 Å². The summed E-state index contributed by atoms with van der Waals surface area (Å²) in [4.78, 5) is 39.9. The molecule has 2 aromatic rings. The summed E-state index contributed by atoms with van der Waals surface area (Å²) in [6.07, 6.45) is 1.54. The van der Waals surface area contributed by atoms with E-state index in [9.17, 15) is 14.4 Å². The maximum atomic E-state index is 15.0. The van der Waals surface area contributed by atoms with Gasteiger partial charge in [0.2, 0.25) is 5.91 Å². The van der Waals surface area contributed by atoms with Gasteiger partial charge in [-0.3, -0.25) is 24.1 Å². The molecule has 0 unspecified atom stereocenters. The number of rotatable bonds is 10. The summed E-state index contributed by atoms with van der Waals surface area (Å²) in [5.74, 6) is -0.902. The minimum atomic E-state index is -0.569. The van der Waals surface area contributed by atoms with E-state index in [2.05, 4.69) is 10.4 Å². The molecule has 1 fully saturated rings. The molecule has 12 heteroatoms. The molecule has 0 saturated carbocycles. The maximum absolute atomic E-state index is 15.0. The summed E-state index contributed by atoms with van der Waals surface area (Å²) in [7, 11) is 3.62. The predicted molar refractivity (Wildman–Crippen MR) is 129 cm³/mol. The van der Waals surface area contributed by atoms with Gasteiger partial charge in [-0.1, -0.05) is 0 Å². The first-order valence-corrected chi connectivity index (χ1v) is 11.8. The van der Waals surface area contributed by atoms with Crippen LogP contribution in [-0.2, 0) is 38.7 Å². The van der Waals surface area contributed by atoms with E-state index >= 15 is 4.39 Å². The van der Waals surface area contributed by atoms with Gasteiger partial charge in [-0.05, 0) is 32.3 Å². The van der Waals surface area contributed by atoms with Crippen LogP contribution >= 0.6 is 0 Å². The zero-order valence-corrected chi connectivity index (χ0v) is 20.7. The first-order valence-electron chi connectivity index (χ1n) is 11.8. The van der Waals surface area contributed by atoms with Gasteiger partial charge in [0.05, 0.1) is 49.9 Å². The Morgan fingerprint density at radius 3 is 2.81 bits per heavy atom. The molecule has 0 spiro atoms. The monoisotopic (exact) mass is 502 g/mol. The number of nitrogens with zero attached hydrogens (tertiary/aromatic N) is 5. The Kier molecular flexibility index (Phi) is 7.73. The molecule has 2 aliphatic heterocycles. The quantitative estimate of drug-likeness (QED) is 0.385. The number of fused-ring (bicyclic) bond motifs is 1. The predicted octanol–water partition coefficient (Wildman–Crippen LogP) is 1.50. The van der Waals surface area contributed by atoms with Crippen LogP contribution in [0, 0.1) is 5.82 Å². The topological polar surface area (TPSA) is 109 Å². The van der Waals surface area contributed by atoms with Crippen molar-refractivity contribution in [2.75, 3.05) is 50.1 Å². The lowest BCUT2D eigenvalue weighted by atomic mass is 10.2. The van der Waals surface area contributed by atoms with Gasteiger partial charge in [-0.25, -0.2) is 9.18 Å². The van der Waals surface area contributed by atoms with Gasteiger partial charge in [0.25, 0.3) is 0 Å². The lowest BCUT2D eigenvalue weighted by Gasteiger charge is -2.21. The van der Waals surface area contributed by atoms with Crippen LogP contribution in [0.4, 0.5) is 20.6 Å². The Balaban J connectivity index is 1.29. The molecule has 1 saturated heterocycles. The van der Waals surface area contributed by atoms with Crippen LogP contribution in [0.15, 0.2) is 24.4 Å². The smallest absolute Gasteiger partial charge is 0.414 e. The van der Waals surface area contributed by atoms with Crippen molar-refractivity contribution < 1.29 is 28.2 Å². The third-order valence-corrected chi connectivity index (χ3v) is 5.90. The van der Waals surface area contributed by atoms with E-state index in [4.69, 9.17) is 9.47 Å². The van der Waals surface area contributed by atoms with Gasteiger partial charge < -0.3 is 19.7 Å². The van der Waals surface area contributed by atoms with Gasteiger partial charge in [0, 0.05) is 38.2 Å². The van der Waals surface area contributed by atoms with Crippen LogP contribution in [0.2, 0.25) is 0 Å². The molecule has 4 rings (SSSR count). The number of benzene rings is 1. The van der Waals surface area contributed by atoms with Crippen LogP contribution in [0.25, 0.3) is 0 Å². The van der Waals surface area contributed by atoms with E-state index in [0.717, 1.165) is 11.3 Å². The third kappa shape index (κ3) is 6.11. The Morgan fingerprint density at radius 1 is 1.31 bits per heavy atom. The lowest BCUT2D eigenvalue weighted by molar-refractivity contribution is -0.144. The van der Waals surface area contributed by atoms with E-state index in [0.29, 0.717) is 44.0 Å². The SMILES string of the molecule is CC(=O)NC[C@H]1CN(c2ccc(N3Cc4cn(CCCOC(=O)CN(C)C)nc4C3)c(F)c2)C(=O)O1. The Labute approximate surface area is 208 Å². The van der Waals surface area contributed by atoms with Crippen molar-refractivity contribution in [2.45, 2.75) is 39.1 Å². The molecule has 36 heavy (non-hydrogen) atoms. The van der Waals surface area contributed by atoms with Gasteiger partial charge in [-0.15, -0.1) is 0 Å². The minimum Gasteiger partial charge on any atom is -0.465 e. The van der Waals surface area contributed by atoms with Crippen molar-refractivity contribution in [3.8, 4) is 0 Å². The number of hydrogen-bond donors (Lipinski definition) is 1. The molecular formula is C24H31FN6O5. The van der Waals surface area contributed by atoms with Crippen LogP contribution in [-0.4, -0.2) is 79.1 Å². The molecule has 11 nitrogen and oxygen atoms in total. The summed E-state index contributed by atoms with van der Waals surface area (Å²) in [6, 6.07) is 4.67. The van der Waals surface area contributed by atoms with E-state index in [1.807, 2.05) is 29.9 Å². The van der Waals surface area contributed by atoms with Crippen molar-refractivity contribution in [2.24, 2.45) is 0 Å².